The number of amides is 1. The van der Waals surface area contributed by atoms with Gasteiger partial charge < -0.3 is 20.8 Å². The Kier molecular flexibility index (Phi) is 6.89. The van der Waals surface area contributed by atoms with Crippen LogP contribution in [0.5, 0.6) is 0 Å². The summed E-state index contributed by atoms with van der Waals surface area (Å²) in [6.07, 6.45) is 5.56. The molecule has 4 aromatic heterocycles. The summed E-state index contributed by atoms with van der Waals surface area (Å²) >= 11 is 12.6. The van der Waals surface area contributed by atoms with E-state index in [1.165, 1.54) is 0 Å². The van der Waals surface area contributed by atoms with Crippen LogP contribution in [0.15, 0.2) is 73.2 Å². The van der Waals surface area contributed by atoms with Gasteiger partial charge in [-0.1, -0.05) is 41.4 Å². The molecule has 0 aliphatic heterocycles. The molecule has 4 heterocycles. The van der Waals surface area contributed by atoms with Crippen molar-refractivity contribution in [3.05, 3.63) is 94.6 Å². The smallest absolute Gasteiger partial charge is 0.248 e. The highest BCUT2D eigenvalue weighted by molar-refractivity contribution is 6.42. The van der Waals surface area contributed by atoms with E-state index < -0.39 is 6.04 Å². The zero-order chi connectivity index (χ0) is 25.9. The molecule has 4 N–H and O–H groups in total. The van der Waals surface area contributed by atoms with Gasteiger partial charge in [-0.25, -0.2) is 15.0 Å². The second kappa shape index (κ2) is 10.4. The number of imidazole rings is 1. The van der Waals surface area contributed by atoms with Gasteiger partial charge in [0.15, 0.2) is 0 Å². The maximum absolute atomic E-state index is 13.3. The van der Waals surface area contributed by atoms with E-state index in [0.717, 1.165) is 16.9 Å². The van der Waals surface area contributed by atoms with Crippen LogP contribution in [0.25, 0.3) is 16.8 Å². The molecule has 0 unspecified atom stereocenters. The first-order valence-corrected chi connectivity index (χ1v) is 12.1. The third-order valence-corrected chi connectivity index (χ3v) is 6.62. The number of rotatable bonds is 7. The predicted octanol–water partition coefficient (Wildman–Crippen LogP) is 5.05. The van der Waals surface area contributed by atoms with Crippen LogP contribution < -0.4 is 16.4 Å². The van der Waals surface area contributed by atoms with Crippen LogP contribution in [0, 0.1) is 6.92 Å². The molecule has 1 amide bonds. The first-order chi connectivity index (χ1) is 17.9. The number of nitrogens with one attached hydrogen (secondary N) is 2. The molecule has 1 aromatic carbocycles. The highest BCUT2D eigenvalue weighted by Gasteiger charge is 2.22. The van der Waals surface area contributed by atoms with Crippen molar-refractivity contribution in [2.75, 3.05) is 16.4 Å². The van der Waals surface area contributed by atoms with Crippen molar-refractivity contribution in [2.45, 2.75) is 19.4 Å². The maximum Gasteiger partial charge on any atom is 0.248 e. The van der Waals surface area contributed by atoms with Gasteiger partial charge in [0, 0.05) is 30.4 Å². The van der Waals surface area contributed by atoms with E-state index in [1.54, 1.807) is 48.8 Å². The van der Waals surface area contributed by atoms with E-state index in [2.05, 4.69) is 30.6 Å². The molecule has 0 aliphatic carbocycles. The topological polar surface area (TPSA) is 123 Å². The number of hydrogen-bond donors (Lipinski definition) is 3. The van der Waals surface area contributed by atoms with Gasteiger partial charge in [0.1, 0.15) is 23.5 Å². The summed E-state index contributed by atoms with van der Waals surface area (Å²) in [5.74, 6) is 1.38. The van der Waals surface area contributed by atoms with E-state index in [9.17, 15) is 4.79 Å². The van der Waals surface area contributed by atoms with Crippen LogP contribution in [0.2, 0.25) is 10.0 Å². The summed E-state index contributed by atoms with van der Waals surface area (Å²) in [6.45, 7) is 1.92. The summed E-state index contributed by atoms with van der Waals surface area (Å²) in [7, 11) is 0. The number of nitrogens with two attached hydrogens (primary N) is 1. The normalized spacial score (nSPS) is 11.9. The Labute approximate surface area is 222 Å². The number of carbonyl (C=O) groups excluding carboxylic acids is 1. The van der Waals surface area contributed by atoms with Crippen molar-refractivity contribution in [3.63, 3.8) is 0 Å². The standard InChI is InChI=1S/C26H22Cl2N8O/c1-15-31-13-18-9-8-17(14-36(15)18)20-12-23(35-26(29)33-20)32-21(11-16-5-4-6-19(27)24(16)28)25(37)34-22-7-2-3-10-30-22/h2-10,12-14,21H,11H2,1H3,(H,30,34,37)(H3,29,32,33,35)/t21-/m1/s1. The van der Waals surface area contributed by atoms with Crippen molar-refractivity contribution in [1.29, 1.82) is 0 Å². The van der Waals surface area contributed by atoms with Crippen molar-refractivity contribution in [2.24, 2.45) is 0 Å². The van der Waals surface area contributed by atoms with Gasteiger partial charge >= 0.3 is 0 Å². The van der Waals surface area contributed by atoms with E-state index in [-0.39, 0.29) is 18.3 Å². The molecule has 0 saturated heterocycles. The lowest BCUT2D eigenvalue weighted by Crippen LogP contribution is -2.37. The minimum Gasteiger partial charge on any atom is -0.368 e. The summed E-state index contributed by atoms with van der Waals surface area (Å²) in [4.78, 5) is 30.6. The molecular weight excluding hydrogens is 511 g/mol. The van der Waals surface area contributed by atoms with Gasteiger partial charge in [0.25, 0.3) is 0 Å². The summed E-state index contributed by atoms with van der Waals surface area (Å²) in [5.41, 5.74) is 9.14. The van der Waals surface area contributed by atoms with E-state index in [0.29, 0.717) is 32.9 Å². The van der Waals surface area contributed by atoms with Gasteiger partial charge in [0.2, 0.25) is 11.9 Å². The van der Waals surface area contributed by atoms with Gasteiger partial charge in [-0.2, -0.15) is 4.98 Å². The van der Waals surface area contributed by atoms with Crippen molar-refractivity contribution in [3.8, 4) is 11.3 Å². The average Bonchev–Trinajstić information content (AvgIpc) is 3.26. The highest BCUT2D eigenvalue weighted by atomic mass is 35.5. The number of carbonyl (C=O) groups is 1. The van der Waals surface area contributed by atoms with Gasteiger partial charge in [-0.3, -0.25) is 4.79 Å². The summed E-state index contributed by atoms with van der Waals surface area (Å²) in [6, 6.07) is 15.4. The highest BCUT2D eigenvalue weighted by Crippen LogP contribution is 2.28. The monoisotopic (exact) mass is 532 g/mol. The largest absolute Gasteiger partial charge is 0.368 e. The molecule has 186 valence electrons. The number of nitrogen functional groups attached to an aromatic ring is 1. The Hall–Kier alpha value is -4.21. The molecule has 1 atom stereocenters. The number of fused-ring (bicyclic) bond motifs is 1. The molecule has 5 rings (SSSR count). The fourth-order valence-electron chi connectivity index (χ4n) is 3.92. The molecule has 0 aliphatic rings. The van der Waals surface area contributed by atoms with Crippen LogP contribution in [0.3, 0.4) is 0 Å². The number of aromatic nitrogens is 5. The van der Waals surface area contributed by atoms with Crippen LogP contribution in [-0.2, 0) is 11.2 Å². The SMILES string of the molecule is Cc1ncc2ccc(-c3cc(N[C@H](Cc4cccc(Cl)c4Cl)C(=O)Nc4ccccn4)nc(N)n3)cn12. The van der Waals surface area contributed by atoms with Crippen LogP contribution in [0.4, 0.5) is 17.6 Å². The number of hydrogen-bond acceptors (Lipinski definition) is 7. The van der Waals surface area contributed by atoms with Crippen molar-refractivity contribution in [1.82, 2.24) is 24.3 Å². The van der Waals surface area contributed by atoms with E-state index in [1.807, 2.05) is 35.7 Å². The molecule has 0 saturated carbocycles. The first kappa shape index (κ1) is 24.5. The number of anilines is 3. The fraction of sp³-hybridized carbons (Fsp3) is 0.115. The second-order valence-electron chi connectivity index (χ2n) is 8.33. The minimum atomic E-state index is -0.779. The Balaban J connectivity index is 1.48. The fourth-order valence-corrected chi connectivity index (χ4v) is 4.32. The molecule has 37 heavy (non-hydrogen) atoms. The lowest BCUT2D eigenvalue weighted by molar-refractivity contribution is -0.116. The van der Waals surface area contributed by atoms with Gasteiger partial charge in [0.05, 0.1) is 27.5 Å². The number of halogens is 2. The third kappa shape index (κ3) is 5.47. The van der Waals surface area contributed by atoms with Crippen LogP contribution in [0.1, 0.15) is 11.4 Å². The lowest BCUT2D eigenvalue weighted by atomic mass is 10.0. The van der Waals surface area contributed by atoms with Gasteiger partial charge in [-0.15, -0.1) is 0 Å². The van der Waals surface area contributed by atoms with Crippen molar-refractivity contribution < 1.29 is 4.79 Å². The summed E-state index contributed by atoms with van der Waals surface area (Å²) in [5, 5.41) is 6.81. The number of benzene rings is 1. The average molecular weight is 533 g/mol. The zero-order valence-corrected chi connectivity index (χ0v) is 21.2. The molecule has 0 fully saturated rings. The molecule has 0 spiro atoms. The Bertz CT molecular complexity index is 1590. The van der Waals surface area contributed by atoms with Gasteiger partial charge in [-0.05, 0) is 42.8 Å². The number of nitrogens with zero attached hydrogens (tertiary/aromatic N) is 5. The van der Waals surface area contributed by atoms with E-state index in [4.69, 9.17) is 28.9 Å². The Morgan fingerprint density at radius 3 is 2.73 bits per heavy atom. The summed E-state index contributed by atoms with van der Waals surface area (Å²) < 4.78 is 1.96. The maximum atomic E-state index is 13.3. The number of aryl methyl sites for hydroxylation is 1. The lowest BCUT2D eigenvalue weighted by Gasteiger charge is -2.20. The predicted molar refractivity (Wildman–Crippen MR) is 146 cm³/mol. The molecule has 11 heteroatoms. The van der Waals surface area contributed by atoms with Crippen molar-refractivity contribution >= 4 is 52.2 Å². The third-order valence-electron chi connectivity index (χ3n) is 5.76. The zero-order valence-electron chi connectivity index (χ0n) is 19.7. The minimum absolute atomic E-state index is 0.0622. The van der Waals surface area contributed by atoms with E-state index >= 15 is 0 Å². The molecule has 9 nitrogen and oxygen atoms in total. The van der Waals surface area contributed by atoms with Crippen LogP contribution >= 0.6 is 23.2 Å². The molecular formula is C26H22Cl2N8O. The van der Waals surface area contributed by atoms with Crippen LogP contribution in [-0.4, -0.2) is 36.3 Å². The Morgan fingerprint density at radius 1 is 1.05 bits per heavy atom. The molecule has 0 radical (unpaired) electrons. The second-order valence-corrected chi connectivity index (χ2v) is 9.12. The molecule has 5 aromatic rings. The first-order valence-electron chi connectivity index (χ1n) is 11.4. The molecule has 0 bridgehead atoms. The Morgan fingerprint density at radius 2 is 1.92 bits per heavy atom. The number of pyridine rings is 2. The quantitative estimate of drug-likeness (QED) is 0.268.